The Balaban J connectivity index is 1.34. The molecular weight excluding hydrogens is 390 g/mol. The minimum Gasteiger partial charge on any atom is -0.314 e. The standard InChI is InChI=1S/C24H21N5S/c1-2-19-20(15-30-24(19)27-8-1)22-14-28-23-12-18(7-11-29(22)23)16-3-5-17(6-4-16)21-13-25-9-10-26-21/h1-8,11-12,14-15,21,25-26H,9-10,13H2. The van der Waals surface area contributed by atoms with Crippen molar-refractivity contribution in [3.8, 4) is 22.4 Å². The summed E-state index contributed by atoms with van der Waals surface area (Å²) in [4.78, 5) is 10.2. The van der Waals surface area contributed by atoms with Crippen LogP contribution in [0.25, 0.3) is 38.2 Å². The molecule has 1 fully saturated rings. The second-order valence-electron chi connectivity index (χ2n) is 7.63. The maximum atomic E-state index is 4.69. The van der Waals surface area contributed by atoms with Gasteiger partial charge in [0.15, 0.2) is 0 Å². The Kier molecular flexibility index (Phi) is 4.34. The van der Waals surface area contributed by atoms with Crippen LogP contribution in [-0.2, 0) is 0 Å². The van der Waals surface area contributed by atoms with Gasteiger partial charge in [0, 0.05) is 54.4 Å². The van der Waals surface area contributed by atoms with Crippen LogP contribution in [-0.4, -0.2) is 34.0 Å². The monoisotopic (exact) mass is 411 g/mol. The van der Waals surface area contributed by atoms with Crippen molar-refractivity contribution < 1.29 is 0 Å². The van der Waals surface area contributed by atoms with E-state index in [2.05, 4.69) is 79.0 Å². The van der Waals surface area contributed by atoms with Crippen molar-refractivity contribution in [3.05, 3.63) is 78.1 Å². The van der Waals surface area contributed by atoms with Crippen LogP contribution in [0.5, 0.6) is 0 Å². The summed E-state index contributed by atoms with van der Waals surface area (Å²) in [6, 6.07) is 17.7. The third-order valence-electron chi connectivity index (χ3n) is 5.83. The molecule has 0 saturated carbocycles. The highest BCUT2D eigenvalue weighted by Crippen LogP contribution is 2.33. The third-order valence-corrected chi connectivity index (χ3v) is 6.73. The van der Waals surface area contributed by atoms with Gasteiger partial charge < -0.3 is 10.6 Å². The first-order chi connectivity index (χ1) is 14.9. The molecule has 6 heteroatoms. The molecule has 1 atom stereocenters. The van der Waals surface area contributed by atoms with E-state index in [-0.39, 0.29) is 0 Å². The number of nitrogens with zero attached hydrogens (tertiary/aromatic N) is 3. The number of imidazole rings is 1. The average molecular weight is 412 g/mol. The number of nitrogens with one attached hydrogen (secondary N) is 2. The zero-order valence-corrected chi connectivity index (χ0v) is 17.2. The van der Waals surface area contributed by atoms with Gasteiger partial charge in [-0.25, -0.2) is 9.97 Å². The quantitative estimate of drug-likeness (QED) is 0.459. The summed E-state index contributed by atoms with van der Waals surface area (Å²) < 4.78 is 2.16. The predicted octanol–water partition coefficient (Wildman–Crippen LogP) is 4.51. The lowest BCUT2D eigenvalue weighted by Gasteiger charge is -2.25. The molecule has 5 heterocycles. The molecule has 2 N–H and O–H groups in total. The Morgan fingerprint density at radius 2 is 1.93 bits per heavy atom. The Hall–Kier alpha value is -3.06. The van der Waals surface area contributed by atoms with Gasteiger partial charge in [0.2, 0.25) is 0 Å². The summed E-state index contributed by atoms with van der Waals surface area (Å²) >= 11 is 1.67. The number of rotatable bonds is 3. The van der Waals surface area contributed by atoms with Crippen LogP contribution in [0.3, 0.4) is 0 Å². The molecule has 1 aliphatic heterocycles. The average Bonchev–Trinajstić information content (AvgIpc) is 3.43. The van der Waals surface area contributed by atoms with E-state index in [0.717, 1.165) is 35.8 Å². The Labute approximate surface area is 178 Å². The van der Waals surface area contributed by atoms with E-state index in [1.807, 2.05) is 18.5 Å². The number of aromatic nitrogens is 3. The van der Waals surface area contributed by atoms with Gasteiger partial charge in [0.1, 0.15) is 10.5 Å². The number of hydrogen-bond acceptors (Lipinski definition) is 5. The lowest BCUT2D eigenvalue weighted by atomic mass is 10.0. The number of thiophene rings is 1. The van der Waals surface area contributed by atoms with Crippen LogP contribution < -0.4 is 10.6 Å². The Bertz CT molecular complexity index is 1330. The van der Waals surface area contributed by atoms with Crippen molar-refractivity contribution in [1.82, 2.24) is 25.0 Å². The van der Waals surface area contributed by atoms with E-state index in [0.29, 0.717) is 6.04 Å². The first-order valence-electron chi connectivity index (χ1n) is 10.2. The van der Waals surface area contributed by atoms with Gasteiger partial charge in [-0.1, -0.05) is 24.3 Å². The van der Waals surface area contributed by atoms with E-state index in [1.54, 1.807) is 11.3 Å². The van der Waals surface area contributed by atoms with Crippen LogP contribution in [0.2, 0.25) is 0 Å². The summed E-state index contributed by atoms with van der Waals surface area (Å²) in [5, 5.41) is 10.4. The van der Waals surface area contributed by atoms with Gasteiger partial charge in [0.25, 0.3) is 0 Å². The lowest BCUT2D eigenvalue weighted by Crippen LogP contribution is -2.42. The highest BCUT2D eigenvalue weighted by molar-refractivity contribution is 7.17. The van der Waals surface area contributed by atoms with Crippen molar-refractivity contribution in [2.24, 2.45) is 0 Å². The van der Waals surface area contributed by atoms with E-state index in [1.165, 1.54) is 27.6 Å². The summed E-state index contributed by atoms with van der Waals surface area (Å²) in [7, 11) is 0. The highest BCUT2D eigenvalue weighted by Gasteiger charge is 2.15. The molecule has 0 aliphatic carbocycles. The maximum absolute atomic E-state index is 4.69. The number of fused-ring (bicyclic) bond motifs is 2. The maximum Gasteiger partial charge on any atom is 0.137 e. The molecule has 30 heavy (non-hydrogen) atoms. The Morgan fingerprint density at radius 1 is 1.00 bits per heavy atom. The first-order valence-corrected chi connectivity index (χ1v) is 11.1. The van der Waals surface area contributed by atoms with Crippen LogP contribution in [0.15, 0.2) is 72.5 Å². The van der Waals surface area contributed by atoms with Crippen molar-refractivity contribution >= 4 is 27.2 Å². The number of pyridine rings is 2. The topological polar surface area (TPSA) is 54.2 Å². The van der Waals surface area contributed by atoms with E-state index in [4.69, 9.17) is 0 Å². The number of benzene rings is 1. The van der Waals surface area contributed by atoms with Gasteiger partial charge >= 0.3 is 0 Å². The number of piperazine rings is 1. The van der Waals surface area contributed by atoms with Crippen molar-refractivity contribution in [2.75, 3.05) is 19.6 Å². The van der Waals surface area contributed by atoms with Crippen LogP contribution in [0.1, 0.15) is 11.6 Å². The lowest BCUT2D eigenvalue weighted by molar-refractivity contribution is 0.430. The van der Waals surface area contributed by atoms with Gasteiger partial charge in [0.05, 0.1) is 11.9 Å². The predicted molar refractivity (Wildman–Crippen MR) is 123 cm³/mol. The summed E-state index contributed by atoms with van der Waals surface area (Å²) in [6.07, 6.45) is 5.92. The van der Waals surface area contributed by atoms with E-state index < -0.39 is 0 Å². The largest absolute Gasteiger partial charge is 0.314 e. The zero-order chi connectivity index (χ0) is 19.9. The van der Waals surface area contributed by atoms with Gasteiger partial charge in [-0.15, -0.1) is 11.3 Å². The summed E-state index contributed by atoms with van der Waals surface area (Å²) in [5.41, 5.74) is 6.95. The fourth-order valence-electron chi connectivity index (χ4n) is 4.22. The van der Waals surface area contributed by atoms with Gasteiger partial charge in [-0.2, -0.15) is 0 Å². The van der Waals surface area contributed by atoms with E-state index >= 15 is 0 Å². The molecule has 0 amide bonds. The van der Waals surface area contributed by atoms with Crippen LogP contribution >= 0.6 is 11.3 Å². The molecule has 5 nitrogen and oxygen atoms in total. The van der Waals surface area contributed by atoms with E-state index in [9.17, 15) is 0 Å². The van der Waals surface area contributed by atoms with Crippen molar-refractivity contribution in [1.29, 1.82) is 0 Å². The molecule has 1 unspecified atom stereocenters. The van der Waals surface area contributed by atoms with Crippen LogP contribution in [0.4, 0.5) is 0 Å². The molecule has 1 aliphatic rings. The molecule has 4 aromatic heterocycles. The number of hydrogen-bond donors (Lipinski definition) is 2. The molecule has 1 saturated heterocycles. The molecule has 5 aromatic rings. The minimum atomic E-state index is 0.389. The second-order valence-corrected chi connectivity index (χ2v) is 8.48. The smallest absolute Gasteiger partial charge is 0.137 e. The Morgan fingerprint density at radius 3 is 2.80 bits per heavy atom. The summed E-state index contributed by atoms with van der Waals surface area (Å²) in [6.45, 7) is 3.04. The fourth-order valence-corrected chi connectivity index (χ4v) is 5.13. The fraction of sp³-hybridized carbons (Fsp3) is 0.167. The van der Waals surface area contributed by atoms with Gasteiger partial charge in [-0.3, -0.25) is 4.40 Å². The highest BCUT2D eigenvalue weighted by atomic mass is 32.1. The molecule has 0 bridgehead atoms. The molecule has 6 rings (SSSR count). The second kappa shape index (κ2) is 7.32. The van der Waals surface area contributed by atoms with Gasteiger partial charge in [-0.05, 0) is 41.0 Å². The first kappa shape index (κ1) is 17.8. The van der Waals surface area contributed by atoms with Crippen molar-refractivity contribution in [2.45, 2.75) is 6.04 Å². The minimum absolute atomic E-state index is 0.389. The normalized spacial score (nSPS) is 17.0. The SMILES string of the molecule is c1cnc2scc(-c3cnc4cc(-c5ccc(C6CNCCN6)cc5)ccn34)c2c1. The molecule has 148 valence electrons. The molecule has 0 spiro atoms. The zero-order valence-electron chi connectivity index (χ0n) is 16.4. The molecule has 0 radical (unpaired) electrons. The van der Waals surface area contributed by atoms with Crippen molar-refractivity contribution in [3.63, 3.8) is 0 Å². The van der Waals surface area contributed by atoms with Crippen LogP contribution in [0, 0.1) is 0 Å². The summed E-state index contributed by atoms with van der Waals surface area (Å²) in [5.74, 6) is 0. The molecule has 1 aromatic carbocycles. The third kappa shape index (κ3) is 3.01. The molecular formula is C24H21N5S.